The number of para-hydroxylation sites is 1. The van der Waals surface area contributed by atoms with E-state index in [0.29, 0.717) is 25.5 Å². The molecule has 4 rings (SSSR count). The van der Waals surface area contributed by atoms with Gasteiger partial charge in [-0.25, -0.2) is 0 Å². The number of rotatable bonds is 8. The number of carbonyl (C=O) groups is 1. The fourth-order valence-electron chi connectivity index (χ4n) is 3.27. The molecule has 1 aromatic heterocycles. The molecule has 5 nitrogen and oxygen atoms in total. The van der Waals surface area contributed by atoms with Crippen LogP contribution in [0.2, 0.25) is 0 Å². The van der Waals surface area contributed by atoms with Crippen LogP contribution in [-0.4, -0.2) is 19.1 Å². The van der Waals surface area contributed by atoms with Crippen LogP contribution < -0.4 is 10.1 Å². The van der Waals surface area contributed by atoms with E-state index in [9.17, 15) is 4.79 Å². The predicted octanol–water partition coefficient (Wildman–Crippen LogP) is 4.82. The first-order chi connectivity index (χ1) is 14.2. The Balaban J connectivity index is 1.37. The van der Waals surface area contributed by atoms with Crippen LogP contribution in [0.5, 0.6) is 5.75 Å². The summed E-state index contributed by atoms with van der Waals surface area (Å²) in [6, 6.07) is 21.4. The lowest BCUT2D eigenvalue weighted by Gasteiger charge is -2.11. The first-order valence-electron chi connectivity index (χ1n) is 9.70. The summed E-state index contributed by atoms with van der Waals surface area (Å²) in [4.78, 5) is 12.3. The first kappa shape index (κ1) is 19.0. The third-order valence-corrected chi connectivity index (χ3v) is 4.77. The summed E-state index contributed by atoms with van der Waals surface area (Å²) >= 11 is 0. The van der Waals surface area contributed by atoms with E-state index in [-0.39, 0.29) is 12.5 Å². The van der Waals surface area contributed by atoms with Crippen molar-refractivity contribution in [1.82, 2.24) is 5.32 Å². The third kappa shape index (κ3) is 4.41. The lowest BCUT2D eigenvalue weighted by atomic mass is 10.1. The first-order valence-corrected chi connectivity index (χ1v) is 9.70. The molecule has 148 valence electrons. The highest BCUT2D eigenvalue weighted by molar-refractivity contribution is 6.05. The third-order valence-electron chi connectivity index (χ3n) is 4.77. The minimum absolute atomic E-state index is 0.0467. The molecule has 29 heavy (non-hydrogen) atoms. The van der Waals surface area contributed by atoms with Gasteiger partial charge in [0, 0.05) is 23.9 Å². The normalized spacial score (nSPS) is 11.1. The smallest absolute Gasteiger partial charge is 0.258 e. The van der Waals surface area contributed by atoms with Crippen LogP contribution in [0.3, 0.4) is 0 Å². The number of hydrogen-bond acceptors (Lipinski definition) is 4. The van der Waals surface area contributed by atoms with Crippen molar-refractivity contribution in [3.63, 3.8) is 0 Å². The zero-order valence-electron chi connectivity index (χ0n) is 16.3. The minimum atomic E-state index is -0.173. The number of hydrogen-bond donors (Lipinski definition) is 1. The molecule has 0 radical (unpaired) electrons. The highest BCUT2D eigenvalue weighted by Crippen LogP contribution is 2.31. The van der Waals surface area contributed by atoms with Crippen molar-refractivity contribution in [3.05, 3.63) is 77.9 Å². The van der Waals surface area contributed by atoms with Crippen LogP contribution >= 0.6 is 0 Å². The maximum absolute atomic E-state index is 12.3. The molecule has 1 amide bonds. The number of nitrogens with one attached hydrogen (secondary N) is 1. The fraction of sp³-hybridized carbons (Fsp3) is 0.208. The summed E-state index contributed by atoms with van der Waals surface area (Å²) in [7, 11) is 0. The molecular weight excluding hydrogens is 366 g/mol. The van der Waals surface area contributed by atoms with Gasteiger partial charge in [0.1, 0.15) is 16.9 Å². The molecule has 0 fully saturated rings. The van der Waals surface area contributed by atoms with Crippen molar-refractivity contribution in [3.8, 4) is 5.75 Å². The van der Waals surface area contributed by atoms with E-state index in [4.69, 9.17) is 13.9 Å². The monoisotopic (exact) mass is 389 g/mol. The molecule has 0 unspecified atom stereocenters. The second-order valence-corrected chi connectivity index (χ2v) is 6.73. The molecule has 0 aliphatic rings. The average Bonchev–Trinajstić information content (AvgIpc) is 3.13. The SMILES string of the molecule is CCOCc1ccccc1CNC(=O)COc1ccc2oc3ccccc3c2c1. The maximum Gasteiger partial charge on any atom is 0.258 e. The summed E-state index contributed by atoms with van der Waals surface area (Å²) in [5.41, 5.74) is 3.76. The van der Waals surface area contributed by atoms with E-state index in [1.807, 2.05) is 73.7 Å². The zero-order chi connectivity index (χ0) is 20.1. The Bertz CT molecular complexity index is 1130. The molecule has 1 N–H and O–H groups in total. The minimum Gasteiger partial charge on any atom is -0.484 e. The molecule has 0 aliphatic carbocycles. The number of furan rings is 1. The van der Waals surface area contributed by atoms with E-state index in [1.54, 1.807) is 0 Å². The Kier molecular flexibility index (Phi) is 5.77. The second kappa shape index (κ2) is 8.80. The van der Waals surface area contributed by atoms with Gasteiger partial charge in [-0.05, 0) is 42.3 Å². The van der Waals surface area contributed by atoms with E-state index < -0.39 is 0 Å². The Morgan fingerprint density at radius 2 is 1.69 bits per heavy atom. The van der Waals surface area contributed by atoms with Gasteiger partial charge in [0.25, 0.3) is 5.91 Å². The number of ether oxygens (including phenoxy) is 2. The van der Waals surface area contributed by atoms with Crippen molar-refractivity contribution in [1.29, 1.82) is 0 Å². The van der Waals surface area contributed by atoms with Crippen molar-refractivity contribution in [2.75, 3.05) is 13.2 Å². The largest absolute Gasteiger partial charge is 0.484 e. The summed E-state index contributed by atoms with van der Waals surface area (Å²) in [6.45, 7) is 3.56. The Hall–Kier alpha value is -3.31. The van der Waals surface area contributed by atoms with E-state index in [1.165, 1.54) is 0 Å². The highest BCUT2D eigenvalue weighted by atomic mass is 16.5. The van der Waals surface area contributed by atoms with Crippen LogP contribution in [0.1, 0.15) is 18.1 Å². The lowest BCUT2D eigenvalue weighted by molar-refractivity contribution is -0.123. The van der Waals surface area contributed by atoms with Gasteiger partial charge in [-0.2, -0.15) is 0 Å². The van der Waals surface area contributed by atoms with E-state index in [2.05, 4.69) is 5.32 Å². The zero-order valence-corrected chi connectivity index (χ0v) is 16.3. The van der Waals surface area contributed by atoms with Crippen LogP contribution in [0.4, 0.5) is 0 Å². The standard InChI is InChI=1S/C24H23NO4/c1-2-27-15-18-8-4-3-7-17(18)14-25-24(26)16-28-19-11-12-23-21(13-19)20-9-5-6-10-22(20)29-23/h3-13H,2,14-16H2,1H3,(H,25,26). The average molecular weight is 389 g/mol. The molecule has 0 spiro atoms. The molecule has 0 saturated carbocycles. The summed E-state index contributed by atoms with van der Waals surface area (Å²) in [6.07, 6.45) is 0. The van der Waals surface area contributed by atoms with Crippen LogP contribution in [0.25, 0.3) is 21.9 Å². The van der Waals surface area contributed by atoms with Gasteiger partial charge in [-0.3, -0.25) is 4.79 Å². The van der Waals surface area contributed by atoms with Crippen molar-refractivity contribution in [2.24, 2.45) is 0 Å². The summed E-state index contributed by atoms with van der Waals surface area (Å²) in [5, 5.41) is 4.92. The van der Waals surface area contributed by atoms with Gasteiger partial charge >= 0.3 is 0 Å². The van der Waals surface area contributed by atoms with Gasteiger partial charge < -0.3 is 19.2 Å². The van der Waals surface area contributed by atoms with Crippen molar-refractivity contribution in [2.45, 2.75) is 20.1 Å². The Morgan fingerprint density at radius 1 is 0.931 bits per heavy atom. The summed E-state index contributed by atoms with van der Waals surface area (Å²) < 4.78 is 17.0. The topological polar surface area (TPSA) is 60.7 Å². The molecular formula is C24H23NO4. The van der Waals surface area contributed by atoms with Gasteiger partial charge in [-0.1, -0.05) is 42.5 Å². The number of benzene rings is 3. The van der Waals surface area contributed by atoms with Gasteiger partial charge in [-0.15, -0.1) is 0 Å². The number of amides is 1. The molecule has 0 atom stereocenters. The molecule has 5 heteroatoms. The summed E-state index contributed by atoms with van der Waals surface area (Å²) in [5.74, 6) is 0.462. The maximum atomic E-state index is 12.3. The molecule has 0 saturated heterocycles. The van der Waals surface area contributed by atoms with Crippen LogP contribution in [0, 0.1) is 0 Å². The molecule has 1 heterocycles. The molecule has 0 bridgehead atoms. The molecule has 4 aromatic rings. The van der Waals surface area contributed by atoms with E-state index in [0.717, 1.165) is 33.1 Å². The predicted molar refractivity (Wildman–Crippen MR) is 113 cm³/mol. The highest BCUT2D eigenvalue weighted by Gasteiger charge is 2.09. The second-order valence-electron chi connectivity index (χ2n) is 6.73. The van der Waals surface area contributed by atoms with Crippen molar-refractivity contribution < 1.29 is 18.7 Å². The Morgan fingerprint density at radius 3 is 2.55 bits per heavy atom. The van der Waals surface area contributed by atoms with Crippen LogP contribution in [0.15, 0.2) is 71.1 Å². The quantitative estimate of drug-likeness (QED) is 0.469. The number of carbonyl (C=O) groups excluding carboxylic acids is 1. The fourth-order valence-corrected chi connectivity index (χ4v) is 3.27. The molecule has 0 aliphatic heterocycles. The molecule has 3 aromatic carbocycles. The van der Waals surface area contributed by atoms with Crippen molar-refractivity contribution >= 4 is 27.8 Å². The van der Waals surface area contributed by atoms with Gasteiger partial charge in [0.05, 0.1) is 6.61 Å². The lowest BCUT2D eigenvalue weighted by Crippen LogP contribution is -2.28. The number of fused-ring (bicyclic) bond motifs is 3. The van der Waals surface area contributed by atoms with Gasteiger partial charge in [0.15, 0.2) is 6.61 Å². The van der Waals surface area contributed by atoms with Gasteiger partial charge in [0.2, 0.25) is 0 Å². The van der Waals surface area contributed by atoms with E-state index >= 15 is 0 Å². The van der Waals surface area contributed by atoms with Crippen LogP contribution in [-0.2, 0) is 22.7 Å². The Labute approximate surface area is 169 Å².